The van der Waals surface area contributed by atoms with Gasteiger partial charge < -0.3 is 9.84 Å². The molecule has 2 aromatic carbocycles. The van der Waals surface area contributed by atoms with Crippen LogP contribution in [0.2, 0.25) is 5.02 Å². The van der Waals surface area contributed by atoms with E-state index in [1.165, 1.54) is 0 Å². The number of halogens is 1. The van der Waals surface area contributed by atoms with Gasteiger partial charge in [0.25, 0.3) is 0 Å². The first-order valence-corrected chi connectivity index (χ1v) is 6.57. The number of aliphatic hydroxyl groups excluding tert-OH is 1. The Bertz CT molecular complexity index is 630. The van der Waals surface area contributed by atoms with Crippen LogP contribution in [-0.4, -0.2) is 5.11 Å². The summed E-state index contributed by atoms with van der Waals surface area (Å²) in [6.07, 6.45) is -0.489. The Labute approximate surface area is 123 Å². The Morgan fingerprint density at radius 3 is 2.50 bits per heavy atom. The van der Waals surface area contributed by atoms with Crippen molar-refractivity contribution in [1.82, 2.24) is 0 Å². The standard InChI is InChI=1S/C16H14ClNO2/c1-11(19)13-4-6-15(7-5-13)20-10-14-3-2-12(9-18)8-16(14)17/h2-8,11,19H,10H2,1H3. The number of ether oxygens (including phenoxy) is 1. The molecule has 0 saturated heterocycles. The van der Waals surface area contributed by atoms with Gasteiger partial charge >= 0.3 is 0 Å². The van der Waals surface area contributed by atoms with Gasteiger partial charge in [-0.1, -0.05) is 29.8 Å². The van der Waals surface area contributed by atoms with Crippen LogP contribution in [0.15, 0.2) is 42.5 Å². The minimum Gasteiger partial charge on any atom is -0.489 e. The predicted molar refractivity (Wildman–Crippen MR) is 77.6 cm³/mol. The van der Waals surface area contributed by atoms with E-state index in [1.54, 1.807) is 37.3 Å². The first-order valence-electron chi connectivity index (χ1n) is 6.19. The van der Waals surface area contributed by atoms with Gasteiger partial charge in [-0.2, -0.15) is 5.26 Å². The Kier molecular flexibility index (Phi) is 4.62. The predicted octanol–water partition coefficient (Wildman–Crippen LogP) is 3.84. The average molecular weight is 288 g/mol. The summed E-state index contributed by atoms with van der Waals surface area (Å²) in [7, 11) is 0. The van der Waals surface area contributed by atoms with Crippen LogP contribution in [0.25, 0.3) is 0 Å². The minimum atomic E-state index is -0.489. The fraction of sp³-hybridized carbons (Fsp3) is 0.188. The molecule has 4 heteroatoms. The molecule has 2 aromatic rings. The molecule has 0 fully saturated rings. The monoisotopic (exact) mass is 287 g/mol. The molecule has 0 spiro atoms. The lowest BCUT2D eigenvalue weighted by atomic mass is 10.1. The third-order valence-electron chi connectivity index (χ3n) is 2.94. The van der Waals surface area contributed by atoms with Crippen molar-refractivity contribution in [3.63, 3.8) is 0 Å². The normalized spacial score (nSPS) is 11.7. The maximum absolute atomic E-state index is 9.42. The quantitative estimate of drug-likeness (QED) is 0.929. The molecule has 3 nitrogen and oxygen atoms in total. The van der Waals surface area contributed by atoms with E-state index in [0.717, 1.165) is 11.1 Å². The molecule has 2 rings (SSSR count). The highest BCUT2D eigenvalue weighted by Gasteiger charge is 2.04. The second-order valence-corrected chi connectivity index (χ2v) is 4.86. The molecular formula is C16H14ClNO2. The van der Waals surface area contributed by atoms with Crippen LogP contribution in [-0.2, 0) is 6.61 Å². The van der Waals surface area contributed by atoms with Gasteiger partial charge in [-0.05, 0) is 36.8 Å². The number of rotatable bonds is 4. The van der Waals surface area contributed by atoms with Gasteiger partial charge in [-0.15, -0.1) is 0 Å². The summed E-state index contributed by atoms with van der Waals surface area (Å²) in [5.41, 5.74) is 2.19. The van der Waals surface area contributed by atoms with Crippen LogP contribution in [0, 0.1) is 11.3 Å². The van der Waals surface area contributed by atoms with Crippen molar-refractivity contribution in [1.29, 1.82) is 5.26 Å². The third kappa shape index (κ3) is 3.51. The summed E-state index contributed by atoms with van der Waals surface area (Å²) in [6.45, 7) is 2.05. The molecule has 0 amide bonds. The average Bonchev–Trinajstić information content (AvgIpc) is 2.46. The Balaban J connectivity index is 2.03. The molecule has 102 valence electrons. The van der Waals surface area contributed by atoms with E-state index in [2.05, 4.69) is 0 Å². The van der Waals surface area contributed by atoms with E-state index in [1.807, 2.05) is 18.2 Å². The van der Waals surface area contributed by atoms with E-state index >= 15 is 0 Å². The smallest absolute Gasteiger partial charge is 0.119 e. The molecule has 0 aliphatic heterocycles. The highest BCUT2D eigenvalue weighted by atomic mass is 35.5. The Morgan fingerprint density at radius 1 is 1.25 bits per heavy atom. The molecule has 0 aliphatic carbocycles. The molecule has 20 heavy (non-hydrogen) atoms. The second kappa shape index (κ2) is 6.42. The van der Waals surface area contributed by atoms with Crippen LogP contribution in [0.5, 0.6) is 5.75 Å². The fourth-order valence-electron chi connectivity index (χ4n) is 1.74. The highest BCUT2D eigenvalue weighted by molar-refractivity contribution is 6.31. The summed E-state index contributed by atoms with van der Waals surface area (Å²) >= 11 is 6.08. The lowest BCUT2D eigenvalue weighted by Crippen LogP contribution is -1.97. The van der Waals surface area contributed by atoms with Crippen molar-refractivity contribution >= 4 is 11.6 Å². The third-order valence-corrected chi connectivity index (χ3v) is 3.29. The van der Waals surface area contributed by atoms with Crippen LogP contribution in [0.3, 0.4) is 0 Å². The molecule has 0 bridgehead atoms. The number of nitrogens with zero attached hydrogens (tertiary/aromatic N) is 1. The van der Waals surface area contributed by atoms with Crippen LogP contribution in [0.4, 0.5) is 0 Å². The summed E-state index contributed by atoms with van der Waals surface area (Å²) in [6, 6.07) is 14.4. The van der Waals surface area contributed by atoms with Gasteiger partial charge in [0.1, 0.15) is 12.4 Å². The summed E-state index contributed by atoms with van der Waals surface area (Å²) in [5, 5.41) is 18.7. The lowest BCUT2D eigenvalue weighted by Gasteiger charge is -2.09. The maximum Gasteiger partial charge on any atom is 0.119 e. The van der Waals surface area contributed by atoms with Crippen LogP contribution in [0.1, 0.15) is 29.7 Å². The highest BCUT2D eigenvalue weighted by Crippen LogP contribution is 2.21. The van der Waals surface area contributed by atoms with E-state index in [0.29, 0.717) is 22.9 Å². The van der Waals surface area contributed by atoms with Crippen LogP contribution < -0.4 is 4.74 Å². The van der Waals surface area contributed by atoms with Crippen molar-refractivity contribution < 1.29 is 9.84 Å². The first-order chi connectivity index (χ1) is 9.60. The van der Waals surface area contributed by atoms with E-state index in [4.69, 9.17) is 21.6 Å². The molecular weight excluding hydrogens is 274 g/mol. The zero-order valence-electron chi connectivity index (χ0n) is 11.0. The molecule has 0 aromatic heterocycles. The number of hydrogen-bond acceptors (Lipinski definition) is 3. The lowest BCUT2D eigenvalue weighted by molar-refractivity contribution is 0.199. The summed E-state index contributed by atoms with van der Waals surface area (Å²) in [5.74, 6) is 0.704. The molecule has 1 unspecified atom stereocenters. The van der Waals surface area contributed by atoms with Gasteiger partial charge in [-0.3, -0.25) is 0 Å². The van der Waals surface area contributed by atoms with Crippen molar-refractivity contribution in [3.05, 3.63) is 64.2 Å². The topological polar surface area (TPSA) is 53.2 Å². The number of hydrogen-bond donors (Lipinski definition) is 1. The van der Waals surface area contributed by atoms with Gasteiger partial charge in [0, 0.05) is 10.6 Å². The van der Waals surface area contributed by atoms with Crippen molar-refractivity contribution in [2.45, 2.75) is 19.6 Å². The molecule has 1 atom stereocenters. The maximum atomic E-state index is 9.42. The number of benzene rings is 2. The van der Waals surface area contributed by atoms with E-state index in [-0.39, 0.29) is 0 Å². The minimum absolute atomic E-state index is 0.332. The first kappa shape index (κ1) is 14.4. The van der Waals surface area contributed by atoms with Gasteiger partial charge in [-0.25, -0.2) is 0 Å². The molecule has 0 radical (unpaired) electrons. The SMILES string of the molecule is CC(O)c1ccc(OCc2ccc(C#N)cc2Cl)cc1. The van der Waals surface area contributed by atoms with Crippen molar-refractivity contribution in [2.24, 2.45) is 0 Å². The summed E-state index contributed by atoms with van der Waals surface area (Å²) in [4.78, 5) is 0. The largest absolute Gasteiger partial charge is 0.489 e. The van der Waals surface area contributed by atoms with Crippen LogP contribution >= 0.6 is 11.6 Å². The van der Waals surface area contributed by atoms with E-state index < -0.39 is 6.10 Å². The second-order valence-electron chi connectivity index (χ2n) is 4.45. The van der Waals surface area contributed by atoms with Gasteiger partial charge in [0.05, 0.1) is 17.7 Å². The molecule has 0 saturated carbocycles. The fourth-order valence-corrected chi connectivity index (χ4v) is 1.97. The van der Waals surface area contributed by atoms with Gasteiger partial charge in [0.2, 0.25) is 0 Å². The molecule has 1 N–H and O–H groups in total. The molecule has 0 aliphatic rings. The van der Waals surface area contributed by atoms with Crippen molar-refractivity contribution in [2.75, 3.05) is 0 Å². The van der Waals surface area contributed by atoms with Crippen molar-refractivity contribution in [3.8, 4) is 11.8 Å². The Morgan fingerprint density at radius 2 is 1.95 bits per heavy atom. The Hall–Kier alpha value is -2.02. The van der Waals surface area contributed by atoms with Gasteiger partial charge in [0.15, 0.2) is 0 Å². The zero-order chi connectivity index (χ0) is 14.5. The number of aliphatic hydroxyl groups is 1. The molecule has 0 heterocycles. The number of nitriles is 1. The zero-order valence-corrected chi connectivity index (χ0v) is 11.8. The van der Waals surface area contributed by atoms with E-state index in [9.17, 15) is 5.11 Å². The summed E-state index contributed by atoms with van der Waals surface area (Å²) < 4.78 is 5.63.